The summed E-state index contributed by atoms with van der Waals surface area (Å²) in [6.07, 6.45) is 3.44. The van der Waals surface area contributed by atoms with Gasteiger partial charge in [-0.05, 0) is 19.4 Å². The van der Waals surface area contributed by atoms with Crippen molar-refractivity contribution in [2.45, 2.75) is 18.8 Å². The highest BCUT2D eigenvalue weighted by Crippen LogP contribution is 2.23. The molecule has 1 aliphatic rings. The van der Waals surface area contributed by atoms with Gasteiger partial charge in [-0.2, -0.15) is 4.98 Å². The van der Waals surface area contributed by atoms with Crippen LogP contribution >= 0.6 is 12.4 Å². The summed E-state index contributed by atoms with van der Waals surface area (Å²) >= 11 is 0. The van der Waals surface area contributed by atoms with E-state index >= 15 is 0 Å². The van der Waals surface area contributed by atoms with Gasteiger partial charge in [0.25, 0.3) is 5.89 Å². The Bertz CT molecular complexity index is 507. The quantitative estimate of drug-likeness (QED) is 0.879. The Morgan fingerprint density at radius 1 is 1.44 bits per heavy atom. The first-order valence-electron chi connectivity index (χ1n) is 5.71. The van der Waals surface area contributed by atoms with Crippen LogP contribution in [0.1, 0.15) is 24.6 Å². The highest BCUT2D eigenvalue weighted by molar-refractivity contribution is 5.85. The summed E-state index contributed by atoms with van der Waals surface area (Å²) in [5.74, 6) is 0.997. The van der Waals surface area contributed by atoms with Crippen LogP contribution < -0.4 is 5.32 Å². The molecule has 2 N–H and O–H groups in total. The summed E-state index contributed by atoms with van der Waals surface area (Å²) in [6, 6.07) is 1.34. The monoisotopic (exact) mass is 272 g/mol. The molecule has 0 saturated carbocycles. The van der Waals surface area contributed by atoms with E-state index in [1.165, 1.54) is 12.3 Å². The number of hydrogen-bond donors (Lipinski definition) is 2. The lowest BCUT2D eigenvalue weighted by Crippen LogP contribution is -2.28. The van der Waals surface area contributed by atoms with Gasteiger partial charge < -0.3 is 14.8 Å². The molecule has 1 fully saturated rings. The largest absolute Gasteiger partial charge is 0.355 e. The van der Waals surface area contributed by atoms with Crippen molar-refractivity contribution < 1.29 is 8.91 Å². The molecule has 0 radical (unpaired) electrons. The lowest BCUT2D eigenvalue weighted by molar-refractivity contribution is 0.392. The average molecular weight is 273 g/mol. The van der Waals surface area contributed by atoms with Gasteiger partial charge in [0, 0.05) is 24.7 Å². The van der Waals surface area contributed by atoms with Crippen LogP contribution in [-0.4, -0.2) is 28.2 Å². The van der Waals surface area contributed by atoms with Gasteiger partial charge in [0.1, 0.15) is 11.5 Å². The minimum Gasteiger partial charge on any atom is -0.355 e. The fraction of sp³-hybridized carbons (Fsp3) is 0.455. The molecule has 3 heterocycles. The number of hydrogen-bond acceptors (Lipinski definition) is 4. The molecule has 98 valence electrons. The van der Waals surface area contributed by atoms with Gasteiger partial charge in [0.15, 0.2) is 5.82 Å². The molecule has 7 heteroatoms. The average Bonchev–Trinajstić information content (AvgIpc) is 2.98. The lowest BCUT2D eigenvalue weighted by atomic mass is 9.99. The third kappa shape index (κ3) is 2.54. The Labute approximate surface area is 110 Å². The van der Waals surface area contributed by atoms with Crippen LogP contribution in [0.2, 0.25) is 0 Å². The van der Waals surface area contributed by atoms with Gasteiger partial charge in [-0.1, -0.05) is 5.16 Å². The molecule has 1 aliphatic heterocycles. The normalized spacial score (nSPS) is 19.5. The van der Waals surface area contributed by atoms with Crippen molar-refractivity contribution in [2.24, 2.45) is 0 Å². The molecule has 2 aromatic rings. The third-order valence-corrected chi connectivity index (χ3v) is 2.98. The topological polar surface area (TPSA) is 66.7 Å². The van der Waals surface area contributed by atoms with Crippen molar-refractivity contribution in [3.05, 3.63) is 23.9 Å². The highest BCUT2D eigenvalue weighted by Gasteiger charge is 2.21. The van der Waals surface area contributed by atoms with E-state index in [9.17, 15) is 4.39 Å². The molecule has 3 rings (SSSR count). The Hall–Kier alpha value is -1.40. The molecule has 2 aromatic heterocycles. The van der Waals surface area contributed by atoms with Crippen molar-refractivity contribution >= 4 is 12.4 Å². The van der Waals surface area contributed by atoms with Gasteiger partial charge in [0.05, 0.1) is 0 Å². The molecule has 0 aliphatic carbocycles. The Morgan fingerprint density at radius 3 is 3.00 bits per heavy atom. The van der Waals surface area contributed by atoms with Crippen LogP contribution in [0.15, 0.2) is 16.8 Å². The first-order valence-corrected chi connectivity index (χ1v) is 5.71. The Kier molecular flexibility index (Phi) is 3.98. The van der Waals surface area contributed by atoms with E-state index in [4.69, 9.17) is 4.52 Å². The zero-order valence-corrected chi connectivity index (χ0v) is 10.5. The number of nitrogens with zero attached hydrogens (tertiary/aromatic N) is 2. The highest BCUT2D eigenvalue weighted by atomic mass is 35.5. The molecule has 0 amide bonds. The first kappa shape index (κ1) is 13.0. The van der Waals surface area contributed by atoms with Crippen LogP contribution in [0.25, 0.3) is 11.6 Å². The van der Waals surface area contributed by atoms with Gasteiger partial charge >= 0.3 is 0 Å². The second-order valence-corrected chi connectivity index (χ2v) is 4.23. The molecular weight excluding hydrogens is 259 g/mol. The minimum absolute atomic E-state index is 0. The fourth-order valence-electron chi connectivity index (χ4n) is 2.07. The fourth-order valence-corrected chi connectivity index (χ4v) is 2.07. The number of rotatable bonds is 2. The number of H-pyrrole nitrogens is 1. The molecule has 5 nitrogen and oxygen atoms in total. The van der Waals surface area contributed by atoms with E-state index < -0.39 is 0 Å². The zero-order valence-electron chi connectivity index (χ0n) is 9.65. The Morgan fingerprint density at radius 2 is 2.33 bits per heavy atom. The molecule has 0 spiro atoms. The van der Waals surface area contributed by atoms with E-state index in [1.54, 1.807) is 0 Å². The van der Waals surface area contributed by atoms with E-state index in [-0.39, 0.29) is 18.2 Å². The van der Waals surface area contributed by atoms with Crippen molar-refractivity contribution in [2.75, 3.05) is 13.1 Å². The summed E-state index contributed by atoms with van der Waals surface area (Å²) in [4.78, 5) is 7.05. The molecule has 0 unspecified atom stereocenters. The van der Waals surface area contributed by atoms with Crippen LogP contribution in [0.3, 0.4) is 0 Å². The predicted molar refractivity (Wildman–Crippen MR) is 66.1 cm³/mol. The van der Waals surface area contributed by atoms with Gasteiger partial charge in [-0.15, -0.1) is 12.4 Å². The Balaban J connectivity index is 0.00000120. The maximum atomic E-state index is 12.8. The SMILES string of the molecule is Cl.Fc1c[nH]c(-c2nc([C@H]3CCCNC3)no2)c1. The summed E-state index contributed by atoms with van der Waals surface area (Å²) < 4.78 is 18.0. The van der Waals surface area contributed by atoms with E-state index in [0.717, 1.165) is 25.9 Å². The standard InChI is InChI=1S/C11H13FN4O.ClH/c12-8-4-9(14-6-8)11-15-10(16-17-11)7-2-1-3-13-5-7;/h4,6-7,13-14H,1-3,5H2;1H/t7-;/m0./s1. The summed E-state index contributed by atoms with van der Waals surface area (Å²) in [5.41, 5.74) is 0.519. The van der Waals surface area contributed by atoms with Gasteiger partial charge in [-0.3, -0.25) is 0 Å². The van der Waals surface area contributed by atoms with Crippen LogP contribution in [0, 0.1) is 5.82 Å². The number of nitrogens with one attached hydrogen (secondary N) is 2. The van der Waals surface area contributed by atoms with Crippen LogP contribution in [0.4, 0.5) is 4.39 Å². The smallest absolute Gasteiger partial charge is 0.274 e. The molecule has 1 atom stereocenters. The zero-order chi connectivity index (χ0) is 11.7. The molecule has 0 bridgehead atoms. The van der Waals surface area contributed by atoms with E-state index in [2.05, 4.69) is 20.4 Å². The van der Waals surface area contributed by atoms with Crippen molar-refractivity contribution in [3.8, 4) is 11.6 Å². The number of halogens is 2. The van der Waals surface area contributed by atoms with Crippen molar-refractivity contribution in [3.63, 3.8) is 0 Å². The molecule has 1 saturated heterocycles. The number of aromatic nitrogens is 3. The molecule has 0 aromatic carbocycles. The minimum atomic E-state index is -0.334. The summed E-state index contributed by atoms with van der Waals surface area (Å²) in [7, 11) is 0. The van der Waals surface area contributed by atoms with Gasteiger partial charge in [0.2, 0.25) is 0 Å². The van der Waals surface area contributed by atoms with E-state index in [0.29, 0.717) is 23.3 Å². The van der Waals surface area contributed by atoms with Crippen LogP contribution in [0.5, 0.6) is 0 Å². The summed E-state index contributed by atoms with van der Waals surface area (Å²) in [6.45, 7) is 1.92. The second kappa shape index (κ2) is 5.49. The van der Waals surface area contributed by atoms with Crippen molar-refractivity contribution in [1.29, 1.82) is 0 Å². The number of aromatic amines is 1. The second-order valence-electron chi connectivity index (χ2n) is 4.23. The predicted octanol–water partition coefficient (Wildman–Crippen LogP) is 2.09. The maximum Gasteiger partial charge on any atom is 0.274 e. The molecule has 18 heavy (non-hydrogen) atoms. The lowest BCUT2D eigenvalue weighted by Gasteiger charge is -2.19. The first-order chi connectivity index (χ1) is 8.33. The van der Waals surface area contributed by atoms with Crippen molar-refractivity contribution in [1.82, 2.24) is 20.4 Å². The summed E-state index contributed by atoms with van der Waals surface area (Å²) in [5, 5.41) is 7.25. The van der Waals surface area contributed by atoms with E-state index in [1.807, 2.05) is 0 Å². The molecular formula is C11H14ClFN4O. The number of piperidine rings is 1. The van der Waals surface area contributed by atoms with Crippen LogP contribution in [-0.2, 0) is 0 Å². The third-order valence-electron chi connectivity index (χ3n) is 2.98. The maximum absolute atomic E-state index is 12.8. The van der Waals surface area contributed by atoms with Gasteiger partial charge in [-0.25, -0.2) is 4.39 Å².